The first kappa shape index (κ1) is 15.9. The SMILES string of the molecule is CNC[C@H](O)[C@H](Oc1ccc(F)c2sccc12)c1ccccc1. The second-order valence-corrected chi connectivity index (χ2v) is 6.20. The van der Waals surface area contributed by atoms with Crippen LogP contribution in [-0.2, 0) is 0 Å². The van der Waals surface area contributed by atoms with Crippen molar-refractivity contribution >= 4 is 21.4 Å². The first-order chi connectivity index (χ1) is 11.2. The molecule has 0 unspecified atom stereocenters. The zero-order chi connectivity index (χ0) is 16.2. The van der Waals surface area contributed by atoms with Crippen LogP contribution in [-0.4, -0.2) is 24.8 Å². The number of aliphatic hydroxyl groups is 1. The van der Waals surface area contributed by atoms with Crippen molar-refractivity contribution in [2.75, 3.05) is 13.6 Å². The molecule has 0 fully saturated rings. The van der Waals surface area contributed by atoms with E-state index in [1.807, 2.05) is 41.8 Å². The maximum absolute atomic E-state index is 13.8. The normalized spacial score (nSPS) is 13.9. The number of benzene rings is 2. The van der Waals surface area contributed by atoms with Crippen molar-refractivity contribution < 1.29 is 14.2 Å². The Labute approximate surface area is 138 Å². The number of halogens is 1. The predicted molar refractivity (Wildman–Crippen MR) is 91.5 cm³/mol. The smallest absolute Gasteiger partial charge is 0.151 e. The van der Waals surface area contributed by atoms with Crippen LogP contribution in [0.2, 0.25) is 0 Å². The van der Waals surface area contributed by atoms with Gasteiger partial charge in [-0.15, -0.1) is 11.3 Å². The molecule has 2 atom stereocenters. The summed E-state index contributed by atoms with van der Waals surface area (Å²) in [7, 11) is 1.78. The standard InChI is InChI=1S/C18H18FNO2S/c1-20-11-15(21)17(12-5-3-2-4-6-12)22-16-8-7-14(19)18-13(16)9-10-23-18/h2-10,15,17,20-21H,11H2,1H3/t15-,17+/m0/s1. The van der Waals surface area contributed by atoms with Gasteiger partial charge in [-0.3, -0.25) is 0 Å². The van der Waals surface area contributed by atoms with E-state index in [-0.39, 0.29) is 5.82 Å². The summed E-state index contributed by atoms with van der Waals surface area (Å²) in [6.07, 6.45) is -1.25. The molecule has 2 N–H and O–H groups in total. The van der Waals surface area contributed by atoms with E-state index < -0.39 is 12.2 Å². The van der Waals surface area contributed by atoms with Gasteiger partial charge in [-0.25, -0.2) is 4.39 Å². The molecule has 1 aromatic heterocycles. The largest absolute Gasteiger partial charge is 0.482 e. The number of ether oxygens (including phenoxy) is 1. The third kappa shape index (κ3) is 3.37. The number of thiophene rings is 1. The highest BCUT2D eigenvalue weighted by Gasteiger charge is 2.23. The van der Waals surface area contributed by atoms with Crippen LogP contribution in [0.5, 0.6) is 5.75 Å². The van der Waals surface area contributed by atoms with Gasteiger partial charge in [-0.05, 0) is 36.2 Å². The second-order valence-electron chi connectivity index (χ2n) is 5.28. The van der Waals surface area contributed by atoms with E-state index in [2.05, 4.69) is 5.32 Å². The molecule has 0 bridgehead atoms. The molecular formula is C18H18FNO2S. The number of hydrogen-bond acceptors (Lipinski definition) is 4. The first-order valence-corrected chi connectivity index (χ1v) is 8.28. The second kappa shape index (κ2) is 7.08. The number of likely N-dealkylation sites (N-methyl/N-ethyl adjacent to an activating group) is 1. The molecule has 0 radical (unpaired) electrons. The topological polar surface area (TPSA) is 41.5 Å². The van der Waals surface area contributed by atoms with E-state index in [1.165, 1.54) is 17.4 Å². The molecule has 3 aromatic rings. The number of nitrogens with one attached hydrogen (secondary N) is 1. The fourth-order valence-electron chi connectivity index (χ4n) is 2.57. The molecule has 23 heavy (non-hydrogen) atoms. The lowest BCUT2D eigenvalue weighted by molar-refractivity contribution is 0.0379. The summed E-state index contributed by atoms with van der Waals surface area (Å²) in [6.45, 7) is 0.396. The molecule has 3 rings (SSSR count). The Morgan fingerprint density at radius 2 is 1.96 bits per heavy atom. The van der Waals surface area contributed by atoms with Gasteiger partial charge in [-0.1, -0.05) is 30.3 Å². The van der Waals surface area contributed by atoms with Gasteiger partial charge in [-0.2, -0.15) is 0 Å². The van der Waals surface area contributed by atoms with Gasteiger partial charge in [0.15, 0.2) is 6.10 Å². The van der Waals surface area contributed by atoms with E-state index >= 15 is 0 Å². The van der Waals surface area contributed by atoms with Crippen molar-refractivity contribution in [1.29, 1.82) is 0 Å². The average molecular weight is 331 g/mol. The van der Waals surface area contributed by atoms with E-state index in [1.54, 1.807) is 13.1 Å². The Morgan fingerprint density at radius 1 is 1.17 bits per heavy atom. The monoisotopic (exact) mass is 331 g/mol. The van der Waals surface area contributed by atoms with Crippen molar-refractivity contribution in [2.24, 2.45) is 0 Å². The number of fused-ring (bicyclic) bond motifs is 1. The Balaban J connectivity index is 1.97. The lowest BCUT2D eigenvalue weighted by atomic mass is 10.0. The Bertz CT molecular complexity index is 775. The number of aliphatic hydroxyl groups excluding tert-OH is 1. The minimum Gasteiger partial charge on any atom is -0.482 e. The summed E-state index contributed by atoms with van der Waals surface area (Å²) in [4.78, 5) is 0. The minimum atomic E-state index is -0.721. The molecule has 0 aliphatic heterocycles. The predicted octanol–water partition coefficient (Wildman–Crippen LogP) is 3.74. The molecule has 0 spiro atoms. The lowest BCUT2D eigenvalue weighted by Crippen LogP contribution is -2.32. The van der Waals surface area contributed by atoms with Crippen LogP contribution < -0.4 is 10.1 Å². The molecule has 3 nitrogen and oxygen atoms in total. The van der Waals surface area contributed by atoms with Crippen LogP contribution in [0.4, 0.5) is 4.39 Å². The summed E-state index contributed by atoms with van der Waals surface area (Å²) in [5, 5.41) is 16.0. The quantitative estimate of drug-likeness (QED) is 0.723. The lowest BCUT2D eigenvalue weighted by Gasteiger charge is -2.25. The fourth-order valence-corrected chi connectivity index (χ4v) is 3.39. The maximum Gasteiger partial charge on any atom is 0.151 e. The highest BCUT2D eigenvalue weighted by atomic mass is 32.1. The van der Waals surface area contributed by atoms with Crippen LogP contribution >= 0.6 is 11.3 Å². The summed E-state index contributed by atoms with van der Waals surface area (Å²) < 4.78 is 20.5. The van der Waals surface area contributed by atoms with Crippen molar-refractivity contribution in [3.63, 3.8) is 0 Å². The zero-order valence-electron chi connectivity index (χ0n) is 12.7. The summed E-state index contributed by atoms with van der Waals surface area (Å²) in [5.74, 6) is 0.320. The summed E-state index contributed by atoms with van der Waals surface area (Å²) in [6, 6.07) is 14.4. The molecule has 2 aromatic carbocycles. The van der Waals surface area contributed by atoms with Crippen molar-refractivity contribution in [2.45, 2.75) is 12.2 Å². The van der Waals surface area contributed by atoms with E-state index in [9.17, 15) is 9.50 Å². The molecule has 1 heterocycles. The molecule has 5 heteroatoms. The van der Waals surface area contributed by atoms with Crippen LogP contribution in [0.25, 0.3) is 10.1 Å². The number of hydrogen-bond donors (Lipinski definition) is 2. The zero-order valence-corrected chi connectivity index (χ0v) is 13.5. The van der Waals surface area contributed by atoms with E-state index in [4.69, 9.17) is 4.74 Å². The molecule has 0 aliphatic carbocycles. The molecule has 0 aliphatic rings. The molecular weight excluding hydrogens is 313 g/mol. The van der Waals surface area contributed by atoms with E-state index in [0.29, 0.717) is 17.0 Å². The minimum absolute atomic E-state index is 0.255. The highest BCUT2D eigenvalue weighted by molar-refractivity contribution is 7.17. The van der Waals surface area contributed by atoms with Crippen LogP contribution in [0.1, 0.15) is 11.7 Å². The van der Waals surface area contributed by atoms with Crippen LogP contribution in [0.3, 0.4) is 0 Å². The van der Waals surface area contributed by atoms with Crippen LogP contribution in [0, 0.1) is 5.82 Å². The van der Waals surface area contributed by atoms with Crippen molar-refractivity contribution in [3.05, 3.63) is 65.3 Å². The fraction of sp³-hybridized carbons (Fsp3) is 0.222. The third-order valence-electron chi connectivity index (χ3n) is 3.67. The molecule has 0 saturated carbocycles. The summed E-state index contributed by atoms with van der Waals surface area (Å²) in [5.41, 5.74) is 0.878. The van der Waals surface area contributed by atoms with Gasteiger partial charge < -0.3 is 15.2 Å². The summed E-state index contributed by atoms with van der Waals surface area (Å²) >= 11 is 1.34. The van der Waals surface area contributed by atoms with Gasteiger partial charge in [0, 0.05) is 11.9 Å². The van der Waals surface area contributed by atoms with E-state index in [0.717, 1.165) is 10.9 Å². The van der Waals surface area contributed by atoms with Gasteiger partial charge in [0.1, 0.15) is 17.7 Å². The Kier molecular flexibility index (Phi) is 4.91. The Morgan fingerprint density at radius 3 is 2.70 bits per heavy atom. The number of rotatable bonds is 6. The van der Waals surface area contributed by atoms with Gasteiger partial charge in [0.2, 0.25) is 0 Å². The Hall–Kier alpha value is -1.95. The third-order valence-corrected chi connectivity index (χ3v) is 4.60. The van der Waals surface area contributed by atoms with Crippen LogP contribution in [0.15, 0.2) is 53.9 Å². The average Bonchev–Trinajstić information content (AvgIpc) is 3.06. The van der Waals surface area contributed by atoms with Gasteiger partial charge >= 0.3 is 0 Å². The molecule has 0 saturated heterocycles. The van der Waals surface area contributed by atoms with Crippen molar-refractivity contribution in [3.8, 4) is 5.75 Å². The first-order valence-electron chi connectivity index (χ1n) is 7.40. The molecule has 0 amide bonds. The molecule has 120 valence electrons. The highest BCUT2D eigenvalue weighted by Crippen LogP contribution is 2.35. The van der Waals surface area contributed by atoms with Crippen molar-refractivity contribution in [1.82, 2.24) is 5.32 Å². The maximum atomic E-state index is 13.8. The van der Waals surface area contributed by atoms with Gasteiger partial charge in [0.05, 0.1) is 4.70 Å². The van der Waals surface area contributed by atoms with Gasteiger partial charge in [0.25, 0.3) is 0 Å².